The van der Waals surface area contributed by atoms with E-state index in [0.717, 1.165) is 108 Å². The molecule has 0 amide bonds. The van der Waals surface area contributed by atoms with Gasteiger partial charge in [-0.3, -0.25) is 37.3 Å². The lowest BCUT2D eigenvalue weighted by atomic mass is 10.0. The molecule has 2 unspecified atom stereocenters. The van der Waals surface area contributed by atoms with E-state index in [9.17, 15) is 43.2 Å². The van der Waals surface area contributed by atoms with Crippen LogP contribution < -0.4 is 0 Å². The number of carbonyl (C=O) groups is 4. The van der Waals surface area contributed by atoms with E-state index in [2.05, 4.69) is 41.5 Å². The predicted octanol–water partition coefficient (Wildman–Crippen LogP) is 16.1. The van der Waals surface area contributed by atoms with Crippen molar-refractivity contribution in [3.8, 4) is 0 Å². The Balaban J connectivity index is 5.12. The van der Waals surface area contributed by atoms with Crippen molar-refractivity contribution in [3.05, 3.63) is 0 Å². The summed E-state index contributed by atoms with van der Waals surface area (Å²) in [6.07, 6.45) is 34.2. The lowest BCUT2D eigenvalue weighted by Gasteiger charge is -2.21. The highest BCUT2D eigenvalue weighted by molar-refractivity contribution is 7.47. The molecular weight excluding hydrogens is 1050 g/mol. The van der Waals surface area contributed by atoms with E-state index in [1.807, 2.05) is 0 Å². The van der Waals surface area contributed by atoms with Crippen molar-refractivity contribution in [3.63, 3.8) is 0 Å². The molecule has 0 aliphatic rings. The van der Waals surface area contributed by atoms with Gasteiger partial charge < -0.3 is 33.8 Å². The molecule has 0 radical (unpaired) electrons. The van der Waals surface area contributed by atoms with E-state index < -0.39 is 97.5 Å². The van der Waals surface area contributed by atoms with Gasteiger partial charge in [0.25, 0.3) is 0 Å². The molecule has 19 heteroatoms. The summed E-state index contributed by atoms with van der Waals surface area (Å²) in [5.41, 5.74) is 0. The van der Waals surface area contributed by atoms with E-state index in [1.165, 1.54) is 103 Å². The van der Waals surface area contributed by atoms with Crippen LogP contribution in [-0.4, -0.2) is 96.7 Å². The fraction of sp³-hybridized carbons (Fsp3) is 0.933. The molecular formula is C60H116O17P2. The molecule has 468 valence electrons. The van der Waals surface area contributed by atoms with Gasteiger partial charge in [-0.05, 0) is 37.5 Å². The molecule has 0 heterocycles. The molecule has 3 N–H and O–H groups in total. The third kappa shape index (κ3) is 55.0. The van der Waals surface area contributed by atoms with Crippen LogP contribution in [-0.2, 0) is 65.4 Å². The Labute approximate surface area is 479 Å². The van der Waals surface area contributed by atoms with Crippen molar-refractivity contribution in [2.45, 2.75) is 310 Å². The summed E-state index contributed by atoms with van der Waals surface area (Å²) >= 11 is 0. The predicted molar refractivity (Wildman–Crippen MR) is 312 cm³/mol. The minimum atomic E-state index is -4.94. The third-order valence-corrected chi connectivity index (χ3v) is 15.6. The van der Waals surface area contributed by atoms with Gasteiger partial charge in [0.1, 0.15) is 19.3 Å². The Morgan fingerprint density at radius 3 is 0.861 bits per heavy atom. The van der Waals surface area contributed by atoms with Gasteiger partial charge >= 0.3 is 39.5 Å². The molecule has 0 aliphatic heterocycles. The van der Waals surface area contributed by atoms with Crippen LogP contribution in [0.4, 0.5) is 0 Å². The fourth-order valence-electron chi connectivity index (χ4n) is 8.82. The molecule has 0 fully saturated rings. The quantitative estimate of drug-likeness (QED) is 0.0222. The molecule has 0 aromatic carbocycles. The summed E-state index contributed by atoms with van der Waals surface area (Å²) < 4.78 is 67.4. The second-order valence-corrected chi connectivity index (χ2v) is 25.6. The van der Waals surface area contributed by atoms with Crippen LogP contribution in [0.15, 0.2) is 0 Å². The van der Waals surface area contributed by atoms with Crippen molar-refractivity contribution in [2.24, 2.45) is 11.8 Å². The first-order valence-corrected chi connectivity index (χ1v) is 34.5. The van der Waals surface area contributed by atoms with Crippen molar-refractivity contribution in [1.29, 1.82) is 0 Å². The average molecular weight is 1170 g/mol. The lowest BCUT2D eigenvalue weighted by Crippen LogP contribution is -2.30. The van der Waals surface area contributed by atoms with Crippen LogP contribution in [0, 0.1) is 11.8 Å². The van der Waals surface area contributed by atoms with Gasteiger partial charge in [-0.2, -0.15) is 0 Å². The molecule has 0 saturated heterocycles. The Bertz CT molecular complexity index is 1560. The molecule has 0 aromatic heterocycles. The monoisotopic (exact) mass is 1170 g/mol. The van der Waals surface area contributed by atoms with Crippen LogP contribution in [0.1, 0.15) is 292 Å². The van der Waals surface area contributed by atoms with Crippen LogP contribution in [0.5, 0.6) is 0 Å². The van der Waals surface area contributed by atoms with E-state index in [4.69, 9.17) is 37.0 Å². The highest BCUT2D eigenvalue weighted by Gasteiger charge is 2.30. The topological polar surface area (TPSA) is 237 Å². The van der Waals surface area contributed by atoms with Crippen LogP contribution in [0.25, 0.3) is 0 Å². The van der Waals surface area contributed by atoms with Gasteiger partial charge in [0.05, 0.1) is 26.4 Å². The van der Waals surface area contributed by atoms with Gasteiger partial charge in [0.15, 0.2) is 12.2 Å². The molecule has 0 saturated carbocycles. The minimum Gasteiger partial charge on any atom is -0.462 e. The second-order valence-electron chi connectivity index (χ2n) is 22.7. The summed E-state index contributed by atoms with van der Waals surface area (Å²) in [7, 11) is -9.86. The summed E-state index contributed by atoms with van der Waals surface area (Å²) in [6.45, 7) is 9.29. The summed E-state index contributed by atoms with van der Waals surface area (Å²) in [4.78, 5) is 71.5. The van der Waals surface area contributed by atoms with Crippen molar-refractivity contribution in [1.82, 2.24) is 0 Å². The number of phosphoric ester groups is 2. The number of unbranched alkanes of at least 4 members (excludes halogenated alkanes) is 29. The molecule has 79 heavy (non-hydrogen) atoms. The van der Waals surface area contributed by atoms with E-state index in [-0.39, 0.29) is 25.7 Å². The Kier molecular flexibility index (Phi) is 51.5. The molecule has 0 aromatic rings. The Morgan fingerprint density at radius 2 is 0.582 bits per heavy atom. The molecule has 17 nitrogen and oxygen atoms in total. The molecule has 0 spiro atoms. The first-order valence-electron chi connectivity index (χ1n) is 31.5. The average Bonchev–Trinajstić information content (AvgIpc) is 3.40. The maximum absolute atomic E-state index is 12.9. The van der Waals surface area contributed by atoms with Gasteiger partial charge in [0, 0.05) is 25.7 Å². The van der Waals surface area contributed by atoms with Crippen LogP contribution >= 0.6 is 15.6 Å². The highest BCUT2D eigenvalue weighted by Crippen LogP contribution is 2.45. The van der Waals surface area contributed by atoms with E-state index in [0.29, 0.717) is 25.7 Å². The lowest BCUT2D eigenvalue weighted by molar-refractivity contribution is -0.161. The SMILES string of the molecule is CCCCCCCC(=O)OC[C@H](COP(=O)(O)OC[C@H](O)COP(=O)(O)OC[C@@H](COC(=O)CCCCCCCCCCCCCC(C)C)OC(=O)CCCCCCCCCCCCCCC(C)C)OC(=O)CCCCCCC. The smallest absolute Gasteiger partial charge is 0.462 e. The van der Waals surface area contributed by atoms with E-state index >= 15 is 0 Å². The van der Waals surface area contributed by atoms with Gasteiger partial charge in [-0.25, -0.2) is 9.13 Å². The first kappa shape index (κ1) is 77.1. The molecule has 5 atom stereocenters. The van der Waals surface area contributed by atoms with E-state index in [1.54, 1.807) is 0 Å². The number of hydrogen-bond acceptors (Lipinski definition) is 15. The summed E-state index contributed by atoms with van der Waals surface area (Å²) in [6, 6.07) is 0. The number of ether oxygens (including phenoxy) is 4. The Morgan fingerprint density at radius 1 is 0.342 bits per heavy atom. The second kappa shape index (κ2) is 52.8. The van der Waals surface area contributed by atoms with Gasteiger partial charge in [-0.15, -0.1) is 0 Å². The number of aliphatic hydroxyl groups excluding tert-OH is 1. The number of carbonyl (C=O) groups excluding carboxylic acids is 4. The number of esters is 4. The van der Waals surface area contributed by atoms with Crippen molar-refractivity contribution >= 4 is 39.5 Å². The van der Waals surface area contributed by atoms with Crippen LogP contribution in [0.3, 0.4) is 0 Å². The zero-order valence-corrected chi connectivity index (χ0v) is 52.4. The van der Waals surface area contributed by atoms with Crippen molar-refractivity contribution in [2.75, 3.05) is 39.6 Å². The largest absolute Gasteiger partial charge is 0.472 e. The number of aliphatic hydroxyl groups is 1. The fourth-order valence-corrected chi connectivity index (χ4v) is 10.4. The standard InChI is InChI=1S/C60H116O17P2/c1-7-9-11-28-36-42-57(62)70-48-55(76-59(64)44-38-29-12-10-8-2)50-74-78(66,67)72-46-54(61)47-73-79(68,69)75-51-56(49-71-58(63)43-37-32-26-22-19-15-17-21-25-31-35-41-53(5)6)77-60(65)45-39-33-27-23-18-14-13-16-20-24-30-34-40-52(3)4/h52-56,61H,7-51H2,1-6H3,(H,66,67)(H,68,69)/t54-,55+,56+/m0/s1. The molecule has 0 rings (SSSR count). The Hall–Kier alpha value is -1.94. The van der Waals surface area contributed by atoms with Gasteiger partial charge in [-0.1, -0.05) is 241 Å². The molecule has 0 bridgehead atoms. The van der Waals surface area contributed by atoms with Crippen molar-refractivity contribution < 1.29 is 80.2 Å². The maximum Gasteiger partial charge on any atom is 0.472 e. The third-order valence-electron chi connectivity index (χ3n) is 13.7. The highest BCUT2D eigenvalue weighted by atomic mass is 31.2. The molecule has 0 aliphatic carbocycles. The zero-order chi connectivity index (χ0) is 58.7. The number of phosphoric acid groups is 2. The minimum absolute atomic E-state index is 0.0985. The number of rotatable bonds is 59. The summed E-state index contributed by atoms with van der Waals surface area (Å²) in [5.74, 6) is -0.613. The maximum atomic E-state index is 12.9. The number of hydrogen-bond donors (Lipinski definition) is 3. The van der Waals surface area contributed by atoms with Crippen LogP contribution in [0.2, 0.25) is 0 Å². The summed E-state index contributed by atoms with van der Waals surface area (Å²) in [5, 5.41) is 10.5. The normalized spacial score (nSPS) is 14.4. The van der Waals surface area contributed by atoms with Gasteiger partial charge in [0.2, 0.25) is 0 Å². The first-order chi connectivity index (χ1) is 37.9. The zero-order valence-electron chi connectivity index (χ0n) is 50.7.